The molecule has 3 aromatic heterocycles. The number of halogens is 1. The van der Waals surface area contributed by atoms with E-state index in [0.29, 0.717) is 5.95 Å². The molecule has 0 unspecified atom stereocenters. The lowest BCUT2D eigenvalue weighted by Gasteiger charge is -2.24. The Labute approximate surface area is 175 Å². The molecule has 0 aliphatic rings. The van der Waals surface area contributed by atoms with Crippen molar-refractivity contribution in [3.05, 3.63) is 34.8 Å². The van der Waals surface area contributed by atoms with E-state index in [9.17, 15) is 0 Å². The minimum absolute atomic E-state index is 0.242. The Hall–Kier alpha value is -2.30. The van der Waals surface area contributed by atoms with Crippen LogP contribution in [0.15, 0.2) is 29.1 Å². The molecule has 0 bridgehead atoms. The summed E-state index contributed by atoms with van der Waals surface area (Å²) in [6.07, 6.45) is 5.06. The molecule has 0 saturated carbocycles. The van der Waals surface area contributed by atoms with Crippen LogP contribution >= 0.6 is 15.9 Å². The van der Waals surface area contributed by atoms with Gasteiger partial charge in [-0.25, -0.2) is 4.98 Å². The van der Waals surface area contributed by atoms with Crippen molar-refractivity contribution in [2.45, 2.75) is 31.5 Å². The minimum atomic E-state index is -0.508. The highest BCUT2D eigenvalue weighted by Crippen LogP contribution is 2.29. The van der Waals surface area contributed by atoms with Crippen molar-refractivity contribution in [3.63, 3.8) is 0 Å². The topological polar surface area (TPSA) is 98.4 Å². The standard InChI is InChI=1S/C15H23B3BrN9/c1-4-20-12-9(19)8-21-13(25-12)24-11-7-10(26-27(11)15(16,17)18)14(2,3)28-22-5-6-23-28/h5-8H,4,16-18H2,1-3H3,(H2,20,21,24,25). The molecule has 0 aromatic carbocycles. The number of nitrogens with one attached hydrogen (secondary N) is 2. The highest BCUT2D eigenvalue weighted by molar-refractivity contribution is 9.10. The molecule has 0 atom stereocenters. The Morgan fingerprint density at radius 3 is 2.46 bits per heavy atom. The Morgan fingerprint density at radius 2 is 1.86 bits per heavy atom. The van der Waals surface area contributed by atoms with Crippen molar-refractivity contribution in [3.8, 4) is 0 Å². The van der Waals surface area contributed by atoms with Gasteiger partial charge in [-0.2, -0.15) is 25.1 Å². The molecule has 2 N–H and O–H groups in total. The second-order valence-corrected chi connectivity index (χ2v) is 8.77. The summed E-state index contributed by atoms with van der Waals surface area (Å²) in [6.45, 7) is 6.86. The summed E-state index contributed by atoms with van der Waals surface area (Å²) in [5, 5.41) is 19.7. The molecular weight excluding hydrogens is 419 g/mol. The van der Waals surface area contributed by atoms with Crippen LogP contribution in [0.4, 0.5) is 17.6 Å². The van der Waals surface area contributed by atoms with E-state index in [1.54, 1.807) is 23.4 Å². The number of nitrogens with zero attached hydrogens (tertiary/aromatic N) is 7. The lowest BCUT2D eigenvalue weighted by molar-refractivity contribution is 0.331. The molecule has 28 heavy (non-hydrogen) atoms. The third-order valence-corrected chi connectivity index (χ3v) is 4.80. The van der Waals surface area contributed by atoms with E-state index in [2.05, 4.69) is 70.3 Å². The fraction of sp³-hybridized carbons (Fsp3) is 0.400. The van der Waals surface area contributed by atoms with Crippen LogP contribution in [0.25, 0.3) is 0 Å². The maximum atomic E-state index is 4.85. The summed E-state index contributed by atoms with van der Waals surface area (Å²) >= 11 is 3.47. The van der Waals surface area contributed by atoms with E-state index in [0.717, 1.165) is 28.3 Å². The van der Waals surface area contributed by atoms with Crippen molar-refractivity contribution >= 4 is 57.1 Å². The zero-order valence-corrected chi connectivity index (χ0v) is 18.6. The predicted octanol–water partition coefficient (Wildman–Crippen LogP) is -0.547. The van der Waals surface area contributed by atoms with Crippen LogP contribution in [0, 0.1) is 0 Å². The predicted molar refractivity (Wildman–Crippen MR) is 121 cm³/mol. The van der Waals surface area contributed by atoms with Crippen LogP contribution in [0.3, 0.4) is 0 Å². The van der Waals surface area contributed by atoms with Gasteiger partial charge in [0, 0.05) is 18.8 Å². The number of rotatable bonds is 7. The fourth-order valence-corrected chi connectivity index (χ4v) is 3.05. The molecule has 0 saturated heterocycles. The smallest absolute Gasteiger partial charge is 0.230 e. The zero-order valence-electron chi connectivity index (χ0n) is 17.0. The van der Waals surface area contributed by atoms with Gasteiger partial charge in [0.25, 0.3) is 0 Å². The largest absolute Gasteiger partial charge is 0.369 e. The fourth-order valence-electron chi connectivity index (χ4n) is 2.72. The first-order valence-corrected chi connectivity index (χ1v) is 9.93. The first-order valence-electron chi connectivity index (χ1n) is 9.14. The number of hydrogen-bond acceptors (Lipinski definition) is 7. The lowest BCUT2D eigenvalue weighted by atomic mass is 9.49. The first-order chi connectivity index (χ1) is 13.1. The van der Waals surface area contributed by atoms with Crippen molar-refractivity contribution in [1.29, 1.82) is 0 Å². The first kappa shape index (κ1) is 20.4. The molecule has 0 amide bonds. The summed E-state index contributed by atoms with van der Waals surface area (Å²) in [5.41, 5.74) is 0.330. The third kappa shape index (κ3) is 4.08. The van der Waals surface area contributed by atoms with Gasteiger partial charge >= 0.3 is 0 Å². The molecule has 144 valence electrons. The molecule has 9 nitrogen and oxygen atoms in total. The van der Waals surface area contributed by atoms with Crippen LogP contribution in [-0.4, -0.2) is 64.8 Å². The molecule has 13 heteroatoms. The van der Waals surface area contributed by atoms with Gasteiger partial charge in [0.2, 0.25) is 5.95 Å². The Kier molecular flexibility index (Phi) is 5.56. The summed E-state index contributed by atoms with van der Waals surface area (Å²) in [7, 11) is 6.29. The minimum Gasteiger partial charge on any atom is -0.369 e. The van der Waals surface area contributed by atoms with Crippen LogP contribution in [-0.2, 0) is 10.8 Å². The average molecular weight is 442 g/mol. The summed E-state index contributed by atoms with van der Waals surface area (Å²) in [4.78, 5) is 10.6. The van der Waals surface area contributed by atoms with Crippen LogP contribution in [0.2, 0.25) is 0 Å². The van der Waals surface area contributed by atoms with Gasteiger partial charge in [-0.15, -0.1) is 0 Å². The maximum absolute atomic E-state index is 4.85. The quantitative estimate of drug-likeness (QED) is 0.475. The Balaban J connectivity index is 2.01. The maximum Gasteiger partial charge on any atom is 0.230 e. The van der Waals surface area contributed by atoms with Crippen molar-refractivity contribution in [2.24, 2.45) is 0 Å². The van der Waals surface area contributed by atoms with Crippen molar-refractivity contribution in [1.82, 2.24) is 34.7 Å². The van der Waals surface area contributed by atoms with Gasteiger partial charge in [0.05, 0.1) is 22.6 Å². The average Bonchev–Trinajstić information content (AvgIpc) is 3.28. The van der Waals surface area contributed by atoms with Crippen LogP contribution < -0.4 is 10.6 Å². The monoisotopic (exact) mass is 441 g/mol. The molecule has 0 aliphatic carbocycles. The van der Waals surface area contributed by atoms with E-state index in [4.69, 9.17) is 5.10 Å². The third-order valence-electron chi connectivity index (χ3n) is 4.22. The second kappa shape index (κ2) is 7.61. The highest BCUT2D eigenvalue weighted by atomic mass is 79.9. The van der Waals surface area contributed by atoms with E-state index >= 15 is 0 Å². The molecular formula is C15H23B3BrN9. The zero-order chi connectivity index (χ0) is 20.5. The van der Waals surface area contributed by atoms with Crippen LogP contribution in [0.1, 0.15) is 26.5 Å². The van der Waals surface area contributed by atoms with Gasteiger partial charge in [0.15, 0.2) is 0 Å². The Bertz CT molecular complexity index is 950. The van der Waals surface area contributed by atoms with Gasteiger partial charge in [-0.05, 0) is 41.9 Å². The van der Waals surface area contributed by atoms with E-state index in [1.807, 2.05) is 31.5 Å². The van der Waals surface area contributed by atoms with Crippen molar-refractivity contribution < 1.29 is 0 Å². The highest BCUT2D eigenvalue weighted by Gasteiger charge is 2.31. The summed E-state index contributed by atoms with van der Waals surface area (Å²) in [5.74, 6) is 2.03. The normalized spacial score (nSPS) is 12.1. The van der Waals surface area contributed by atoms with Gasteiger partial charge < -0.3 is 10.6 Å². The molecule has 0 radical (unpaired) electrons. The summed E-state index contributed by atoms with van der Waals surface area (Å²) in [6, 6.07) is 1.99. The van der Waals surface area contributed by atoms with E-state index in [-0.39, 0.29) is 5.24 Å². The number of aromatic nitrogens is 7. The van der Waals surface area contributed by atoms with Crippen molar-refractivity contribution in [2.75, 3.05) is 17.2 Å². The Morgan fingerprint density at radius 1 is 1.18 bits per heavy atom. The van der Waals surface area contributed by atoms with Gasteiger partial charge in [-0.1, -0.05) is 0 Å². The SMILES string of the molecule is BC(B)(B)n1nc(C(C)(C)n2nccn2)cc1Nc1ncc(Br)c(NCC)n1. The molecule has 3 aromatic rings. The molecule has 0 aliphatic heterocycles. The van der Waals surface area contributed by atoms with Gasteiger partial charge in [0.1, 0.15) is 40.7 Å². The van der Waals surface area contributed by atoms with Crippen LogP contribution in [0.5, 0.6) is 0 Å². The molecule has 3 heterocycles. The molecule has 0 fully saturated rings. The summed E-state index contributed by atoms with van der Waals surface area (Å²) < 4.78 is 2.75. The van der Waals surface area contributed by atoms with E-state index in [1.165, 1.54) is 0 Å². The number of hydrogen-bond donors (Lipinski definition) is 2. The van der Waals surface area contributed by atoms with E-state index < -0.39 is 5.54 Å². The second-order valence-electron chi connectivity index (χ2n) is 7.92. The molecule has 3 rings (SSSR count). The number of anilines is 3. The van der Waals surface area contributed by atoms with Gasteiger partial charge in [-0.3, -0.25) is 4.68 Å². The molecule has 0 spiro atoms. The lowest BCUT2D eigenvalue weighted by Crippen LogP contribution is -2.38.